The summed E-state index contributed by atoms with van der Waals surface area (Å²) in [6.07, 6.45) is 0. The standard InChI is InChI=1S/C17H30N4.HI/c1-6-21(7-2)13-16-11-9-8-10-15(16)12-19-17(18-5)20-14(3)4;/h8-11,14H,6-7,12-13H2,1-5H3,(H2,18,19,20);1H. The first-order valence-corrected chi connectivity index (χ1v) is 7.87. The van der Waals surface area contributed by atoms with Gasteiger partial charge in [-0.25, -0.2) is 0 Å². The number of rotatable bonds is 7. The van der Waals surface area contributed by atoms with E-state index in [4.69, 9.17) is 0 Å². The van der Waals surface area contributed by atoms with Crippen LogP contribution in [0.25, 0.3) is 0 Å². The molecule has 0 aromatic heterocycles. The van der Waals surface area contributed by atoms with Gasteiger partial charge in [-0.3, -0.25) is 9.89 Å². The molecule has 0 aliphatic rings. The van der Waals surface area contributed by atoms with Gasteiger partial charge in [0, 0.05) is 26.2 Å². The molecule has 0 heterocycles. The van der Waals surface area contributed by atoms with Crippen LogP contribution < -0.4 is 10.6 Å². The molecule has 0 spiro atoms. The summed E-state index contributed by atoms with van der Waals surface area (Å²) in [6.45, 7) is 12.6. The van der Waals surface area contributed by atoms with Crippen molar-refractivity contribution in [2.75, 3.05) is 20.1 Å². The highest BCUT2D eigenvalue weighted by Crippen LogP contribution is 2.11. The largest absolute Gasteiger partial charge is 0.354 e. The Hall–Kier alpha value is -0.820. The van der Waals surface area contributed by atoms with Crippen molar-refractivity contribution in [3.05, 3.63) is 35.4 Å². The maximum absolute atomic E-state index is 4.25. The third-order valence-electron chi connectivity index (χ3n) is 3.50. The smallest absolute Gasteiger partial charge is 0.191 e. The summed E-state index contributed by atoms with van der Waals surface area (Å²) in [7, 11) is 1.81. The molecule has 0 amide bonds. The number of guanidine groups is 1. The molecule has 2 N–H and O–H groups in total. The highest BCUT2D eigenvalue weighted by molar-refractivity contribution is 14.0. The molecule has 0 saturated heterocycles. The number of hydrogen-bond donors (Lipinski definition) is 2. The molecule has 4 nitrogen and oxygen atoms in total. The first kappa shape index (κ1) is 21.2. The van der Waals surface area contributed by atoms with E-state index in [1.165, 1.54) is 11.1 Å². The minimum absolute atomic E-state index is 0. The molecule has 5 heteroatoms. The molecule has 0 aliphatic heterocycles. The second kappa shape index (κ2) is 11.7. The van der Waals surface area contributed by atoms with E-state index >= 15 is 0 Å². The third-order valence-corrected chi connectivity index (χ3v) is 3.50. The van der Waals surface area contributed by atoms with Crippen molar-refractivity contribution >= 4 is 29.9 Å². The number of nitrogens with one attached hydrogen (secondary N) is 2. The van der Waals surface area contributed by atoms with Crippen LogP contribution in [0.5, 0.6) is 0 Å². The second-order valence-corrected chi connectivity index (χ2v) is 5.45. The molecule has 0 atom stereocenters. The second-order valence-electron chi connectivity index (χ2n) is 5.45. The van der Waals surface area contributed by atoms with E-state index < -0.39 is 0 Å². The predicted molar refractivity (Wildman–Crippen MR) is 107 cm³/mol. The van der Waals surface area contributed by atoms with Crippen LogP contribution in [0.3, 0.4) is 0 Å². The number of aliphatic imine (C=N–C) groups is 1. The first-order chi connectivity index (χ1) is 10.1. The molecule has 0 saturated carbocycles. The Morgan fingerprint density at radius 3 is 2.23 bits per heavy atom. The predicted octanol–water partition coefficient (Wildman–Crippen LogP) is 3.22. The van der Waals surface area contributed by atoms with Gasteiger partial charge in [0.05, 0.1) is 0 Å². The van der Waals surface area contributed by atoms with Crippen LogP contribution in [0.2, 0.25) is 0 Å². The normalized spacial score (nSPS) is 11.5. The molecule has 126 valence electrons. The van der Waals surface area contributed by atoms with Gasteiger partial charge in [0.2, 0.25) is 0 Å². The number of halogens is 1. The van der Waals surface area contributed by atoms with Crippen LogP contribution in [-0.4, -0.2) is 37.0 Å². The fourth-order valence-electron chi connectivity index (χ4n) is 2.22. The van der Waals surface area contributed by atoms with Crippen LogP contribution in [0.15, 0.2) is 29.3 Å². The summed E-state index contributed by atoms with van der Waals surface area (Å²) in [5.41, 5.74) is 2.71. The van der Waals surface area contributed by atoms with Crippen molar-refractivity contribution in [1.29, 1.82) is 0 Å². The van der Waals surface area contributed by atoms with Gasteiger partial charge in [0.1, 0.15) is 0 Å². The molecule has 0 unspecified atom stereocenters. The topological polar surface area (TPSA) is 39.7 Å². The van der Waals surface area contributed by atoms with Crippen molar-refractivity contribution < 1.29 is 0 Å². The van der Waals surface area contributed by atoms with Crippen LogP contribution in [0, 0.1) is 0 Å². The van der Waals surface area contributed by atoms with Gasteiger partial charge in [-0.15, -0.1) is 24.0 Å². The number of nitrogens with zero attached hydrogens (tertiary/aromatic N) is 2. The SMILES string of the molecule is CCN(CC)Cc1ccccc1CNC(=NC)NC(C)C.I. The maximum Gasteiger partial charge on any atom is 0.191 e. The number of benzene rings is 1. The average Bonchev–Trinajstić information content (AvgIpc) is 2.49. The molecule has 0 radical (unpaired) electrons. The Balaban J connectivity index is 0.00000441. The molecule has 22 heavy (non-hydrogen) atoms. The monoisotopic (exact) mass is 418 g/mol. The minimum Gasteiger partial charge on any atom is -0.354 e. The lowest BCUT2D eigenvalue weighted by Crippen LogP contribution is -2.40. The third kappa shape index (κ3) is 7.45. The fourth-order valence-corrected chi connectivity index (χ4v) is 2.22. The zero-order valence-electron chi connectivity index (χ0n) is 14.5. The minimum atomic E-state index is 0. The first-order valence-electron chi connectivity index (χ1n) is 7.87. The summed E-state index contributed by atoms with van der Waals surface area (Å²) in [6, 6.07) is 9.00. The lowest BCUT2D eigenvalue weighted by molar-refractivity contribution is 0.295. The average molecular weight is 418 g/mol. The van der Waals surface area contributed by atoms with Crippen LogP contribution >= 0.6 is 24.0 Å². The van der Waals surface area contributed by atoms with Crippen molar-refractivity contribution in [3.63, 3.8) is 0 Å². The van der Waals surface area contributed by atoms with Crippen molar-refractivity contribution in [2.24, 2.45) is 4.99 Å². The summed E-state index contributed by atoms with van der Waals surface area (Å²) in [5.74, 6) is 0.850. The Kier molecular flexibility index (Phi) is 11.3. The van der Waals surface area contributed by atoms with Crippen LogP contribution in [0.1, 0.15) is 38.8 Å². The van der Waals surface area contributed by atoms with Gasteiger partial charge in [-0.2, -0.15) is 0 Å². The summed E-state index contributed by atoms with van der Waals surface area (Å²) < 4.78 is 0. The quantitative estimate of drug-likeness (QED) is 0.406. The lowest BCUT2D eigenvalue weighted by Gasteiger charge is -2.21. The van der Waals surface area contributed by atoms with E-state index in [1.54, 1.807) is 7.05 Å². The van der Waals surface area contributed by atoms with Crippen molar-refractivity contribution in [1.82, 2.24) is 15.5 Å². The Morgan fingerprint density at radius 2 is 1.73 bits per heavy atom. The maximum atomic E-state index is 4.25. The van der Waals surface area contributed by atoms with E-state index in [2.05, 4.69) is 72.5 Å². The van der Waals surface area contributed by atoms with Gasteiger partial charge < -0.3 is 10.6 Å². The van der Waals surface area contributed by atoms with Crippen molar-refractivity contribution in [3.8, 4) is 0 Å². The van der Waals surface area contributed by atoms with Gasteiger partial charge in [0.25, 0.3) is 0 Å². The van der Waals surface area contributed by atoms with Crippen LogP contribution in [0.4, 0.5) is 0 Å². The molecular weight excluding hydrogens is 387 g/mol. The van der Waals surface area contributed by atoms with Gasteiger partial charge in [-0.1, -0.05) is 38.1 Å². The molecule has 0 aliphatic carbocycles. The van der Waals surface area contributed by atoms with E-state index in [-0.39, 0.29) is 24.0 Å². The summed E-state index contributed by atoms with van der Waals surface area (Å²) in [4.78, 5) is 6.68. The van der Waals surface area contributed by atoms with Gasteiger partial charge >= 0.3 is 0 Å². The highest BCUT2D eigenvalue weighted by Gasteiger charge is 2.07. The van der Waals surface area contributed by atoms with Gasteiger partial charge in [-0.05, 0) is 38.1 Å². The Labute approximate surface area is 152 Å². The van der Waals surface area contributed by atoms with Gasteiger partial charge in [0.15, 0.2) is 5.96 Å². The zero-order chi connectivity index (χ0) is 15.7. The van der Waals surface area contributed by atoms with E-state index in [0.717, 1.165) is 32.1 Å². The Bertz CT molecular complexity index is 442. The Morgan fingerprint density at radius 1 is 1.14 bits per heavy atom. The fraction of sp³-hybridized carbons (Fsp3) is 0.588. The van der Waals surface area contributed by atoms with Crippen LogP contribution in [-0.2, 0) is 13.1 Å². The van der Waals surface area contributed by atoms with Crippen molar-refractivity contribution in [2.45, 2.75) is 46.8 Å². The molecule has 0 fully saturated rings. The van der Waals surface area contributed by atoms with E-state index in [1.807, 2.05) is 0 Å². The highest BCUT2D eigenvalue weighted by atomic mass is 127. The molecule has 1 rings (SSSR count). The molecule has 0 bridgehead atoms. The molecule has 1 aromatic rings. The summed E-state index contributed by atoms with van der Waals surface area (Å²) >= 11 is 0. The summed E-state index contributed by atoms with van der Waals surface area (Å²) in [5, 5.41) is 6.70. The zero-order valence-corrected chi connectivity index (χ0v) is 16.8. The molecular formula is C17H31IN4. The number of hydrogen-bond acceptors (Lipinski definition) is 2. The molecule has 1 aromatic carbocycles. The lowest BCUT2D eigenvalue weighted by atomic mass is 10.1. The van der Waals surface area contributed by atoms with E-state index in [9.17, 15) is 0 Å². The van der Waals surface area contributed by atoms with E-state index in [0.29, 0.717) is 6.04 Å².